The van der Waals surface area contributed by atoms with Crippen molar-refractivity contribution >= 4 is 23.9 Å². The van der Waals surface area contributed by atoms with Crippen molar-refractivity contribution < 1.29 is 38.1 Å². The van der Waals surface area contributed by atoms with Crippen molar-refractivity contribution in [3.8, 4) is 0 Å². The van der Waals surface area contributed by atoms with E-state index in [4.69, 9.17) is 14.2 Å². The third-order valence-electron chi connectivity index (χ3n) is 8.84. The first-order valence-electron chi connectivity index (χ1n) is 19.9. The molecule has 0 rings (SSSR count). The largest absolute Gasteiger partial charge is 0.469 e. The standard InChI is InChI=1S/C40H75NO8/c1-34(2)33-41-30-29-39(44)48-32-22-21-31-47-38(43)26-20-19-24-36(4)49-40(45)28-27-35(3)23-17-15-13-11-9-7-6-8-10-12-14-16-18-25-37(42)46-5/h34-36,41H,6-33H2,1-5H3. The minimum atomic E-state index is -0.212. The molecule has 49 heavy (non-hydrogen) atoms. The fraction of sp³-hybridized carbons (Fsp3) is 0.900. The summed E-state index contributed by atoms with van der Waals surface area (Å²) in [5.41, 5.74) is 0. The van der Waals surface area contributed by atoms with Crippen LogP contribution in [0, 0.1) is 11.8 Å². The Kier molecular flexibility index (Phi) is 32.8. The Labute approximate surface area is 300 Å². The van der Waals surface area contributed by atoms with Crippen molar-refractivity contribution in [1.82, 2.24) is 5.32 Å². The summed E-state index contributed by atoms with van der Waals surface area (Å²) < 4.78 is 20.7. The number of methoxy groups -OCH3 is 1. The number of hydrogen-bond donors (Lipinski definition) is 1. The smallest absolute Gasteiger partial charge is 0.307 e. The van der Waals surface area contributed by atoms with E-state index in [0.29, 0.717) is 76.5 Å². The molecule has 0 fully saturated rings. The fourth-order valence-electron chi connectivity index (χ4n) is 5.66. The van der Waals surface area contributed by atoms with Gasteiger partial charge in [0.25, 0.3) is 0 Å². The molecule has 0 bridgehead atoms. The Balaban J connectivity index is 3.53. The molecule has 9 nitrogen and oxygen atoms in total. The van der Waals surface area contributed by atoms with E-state index in [1.54, 1.807) is 0 Å². The number of unbranched alkanes of at least 4 members (excludes halogenated alkanes) is 14. The molecule has 1 N–H and O–H groups in total. The number of rotatable bonds is 35. The first kappa shape index (κ1) is 46.8. The van der Waals surface area contributed by atoms with Gasteiger partial charge in [-0.2, -0.15) is 0 Å². The van der Waals surface area contributed by atoms with E-state index < -0.39 is 0 Å². The lowest BCUT2D eigenvalue weighted by molar-refractivity contribution is -0.149. The number of ether oxygens (including phenoxy) is 4. The van der Waals surface area contributed by atoms with Crippen LogP contribution in [0.4, 0.5) is 0 Å². The van der Waals surface area contributed by atoms with Crippen molar-refractivity contribution in [3.05, 3.63) is 0 Å². The number of esters is 4. The Hall–Kier alpha value is -2.16. The molecule has 0 spiro atoms. The first-order chi connectivity index (χ1) is 23.6. The fourth-order valence-corrected chi connectivity index (χ4v) is 5.66. The van der Waals surface area contributed by atoms with Crippen molar-refractivity contribution in [2.45, 2.75) is 188 Å². The minimum Gasteiger partial charge on any atom is -0.469 e. The maximum Gasteiger partial charge on any atom is 0.307 e. The first-order valence-corrected chi connectivity index (χ1v) is 19.9. The average Bonchev–Trinajstić information content (AvgIpc) is 3.07. The van der Waals surface area contributed by atoms with Crippen LogP contribution >= 0.6 is 0 Å². The highest BCUT2D eigenvalue weighted by Crippen LogP contribution is 2.18. The maximum absolute atomic E-state index is 12.3. The van der Waals surface area contributed by atoms with Crippen LogP contribution in [0.1, 0.15) is 182 Å². The molecule has 0 aromatic rings. The quantitative estimate of drug-likeness (QED) is 0.0393. The van der Waals surface area contributed by atoms with E-state index in [1.165, 1.54) is 84.2 Å². The van der Waals surface area contributed by atoms with Gasteiger partial charge in [-0.25, -0.2) is 0 Å². The van der Waals surface area contributed by atoms with E-state index in [0.717, 1.165) is 38.6 Å². The van der Waals surface area contributed by atoms with Gasteiger partial charge in [0.2, 0.25) is 0 Å². The van der Waals surface area contributed by atoms with Gasteiger partial charge in [-0.05, 0) is 70.3 Å². The van der Waals surface area contributed by atoms with Crippen LogP contribution in [-0.4, -0.2) is 63.4 Å². The summed E-state index contributed by atoms with van der Waals surface area (Å²) in [6, 6.07) is 0. The zero-order chi connectivity index (χ0) is 36.4. The van der Waals surface area contributed by atoms with Crippen LogP contribution in [0.15, 0.2) is 0 Å². The highest BCUT2D eigenvalue weighted by Gasteiger charge is 2.12. The van der Waals surface area contributed by atoms with Gasteiger partial charge < -0.3 is 24.3 Å². The normalized spacial score (nSPS) is 12.4. The monoisotopic (exact) mass is 698 g/mol. The zero-order valence-electron chi connectivity index (χ0n) is 32.3. The molecule has 0 aliphatic rings. The number of carbonyl (C=O) groups excluding carboxylic acids is 4. The van der Waals surface area contributed by atoms with Crippen LogP contribution in [0.3, 0.4) is 0 Å². The number of hydrogen-bond acceptors (Lipinski definition) is 9. The second kappa shape index (κ2) is 34.3. The molecule has 0 aromatic heterocycles. The Morgan fingerprint density at radius 1 is 0.490 bits per heavy atom. The molecule has 0 saturated carbocycles. The van der Waals surface area contributed by atoms with Gasteiger partial charge in [-0.3, -0.25) is 19.2 Å². The second-order valence-electron chi connectivity index (χ2n) is 14.4. The summed E-state index contributed by atoms with van der Waals surface area (Å²) >= 11 is 0. The third kappa shape index (κ3) is 35.5. The molecule has 0 aliphatic carbocycles. The van der Waals surface area contributed by atoms with Gasteiger partial charge in [0, 0.05) is 25.8 Å². The van der Waals surface area contributed by atoms with Gasteiger partial charge in [0.15, 0.2) is 0 Å². The SMILES string of the molecule is COC(=O)CCCCCCCCCCCCCCCC(C)CCC(=O)OC(C)CCCCC(=O)OCCCCOC(=O)CCNCC(C)C. The lowest BCUT2D eigenvalue weighted by Crippen LogP contribution is -2.23. The second-order valence-corrected chi connectivity index (χ2v) is 14.4. The Morgan fingerprint density at radius 3 is 1.51 bits per heavy atom. The molecule has 0 saturated heterocycles. The van der Waals surface area contributed by atoms with E-state index >= 15 is 0 Å². The highest BCUT2D eigenvalue weighted by atomic mass is 16.5. The molecular formula is C40H75NO8. The third-order valence-corrected chi connectivity index (χ3v) is 8.84. The van der Waals surface area contributed by atoms with Gasteiger partial charge in [0.05, 0.1) is 32.8 Å². The maximum atomic E-state index is 12.3. The van der Waals surface area contributed by atoms with Gasteiger partial charge >= 0.3 is 23.9 Å². The summed E-state index contributed by atoms with van der Waals surface area (Å²) in [6.45, 7) is 10.6. The molecule has 0 aromatic carbocycles. The van der Waals surface area contributed by atoms with Gasteiger partial charge in [0.1, 0.15) is 0 Å². The van der Waals surface area contributed by atoms with Crippen molar-refractivity contribution in [3.63, 3.8) is 0 Å². The molecular weight excluding hydrogens is 622 g/mol. The average molecular weight is 698 g/mol. The zero-order valence-corrected chi connectivity index (χ0v) is 32.3. The summed E-state index contributed by atoms with van der Waals surface area (Å²) in [6.07, 6.45) is 23.6. The molecule has 9 heteroatoms. The lowest BCUT2D eigenvalue weighted by atomic mass is 9.97. The van der Waals surface area contributed by atoms with Crippen LogP contribution in [0.25, 0.3) is 0 Å². The van der Waals surface area contributed by atoms with Crippen LogP contribution in [0.2, 0.25) is 0 Å². The van der Waals surface area contributed by atoms with Crippen molar-refractivity contribution in [1.29, 1.82) is 0 Å². The molecule has 0 amide bonds. The predicted molar refractivity (Wildman–Crippen MR) is 197 cm³/mol. The Morgan fingerprint density at radius 2 is 0.959 bits per heavy atom. The molecule has 0 aliphatic heterocycles. The summed E-state index contributed by atoms with van der Waals surface area (Å²) in [5, 5.41) is 3.22. The Bertz CT molecular complexity index is 818. The van der Waals surface area contributed by atoms with E-state index in [1.807, 2.05) is 6.92 Å². The number of nitrogens with one attached hydrogen (secondary N) is 1. The summed E-state index contributed by atoms with van der Waals surface area (Å²) in [7, 11) is 1.45. The predicted octanol–water partition coefficient (Wildman–Crippen LogP) is 9.42. The molecule has 2 unspecified atom stereocenters. The van der Waals surface area contributed by atoms with Crippen LogP contribution in [0.5, 0.6) is 0 Å². The van der Waals surface area contributed by atoms with Gasteiger partial charge in [-0.15, -0.1) is 0 Å². The van der Waals surface area contributed by atoms with E-state index in [2.05, 4.69) is 30.8 Å². The summed E-state index contributed by atoms with van der Waals surface area (Å²) in [4.78, 5) is 47.1. The summed E-state index contributed by atoms with van der Waals surface area (Å²) in [5.74, 6) is 0.461. The van der Waals surface area contributed by atoms with E-state index in [9.17, 15) is 19.2 Å². The highest BCUT2D eigenvalue weighted by molar-refractivity contribution is 5.70. The van der Waals surface area contributed by atoms with Crippen molar-refractivity contribution in [2.75, 3.05) is 33.4 Å². The number of carbonyl (C=O) groups is 4. The molecule has 288 valence electrons. The van der Waals surface area contributed by atoms with Crippen molar-refractivity contribution in [2.24, 2.45) is 11.8 Å². The minimum absolute atomic E-state index is 0.0935. The van der Waals surface area contributed by atoms with Gasteiger partial charge in [-0.1, -0.05) is 104 Å². The lowest BCUT2D eigenvalue weighted by Gasteiger charge is -2.15. The topological polar surface area (TPSA) is 117 Å². The van der Waals surface area contributed by atoms with E-state index in [-0.39, 0.29) is 30.0 Å². The molecule has 0 heterocycles. The molecule has 0 radical (unpaired) electrons. The van der Waals surface area contributed by atoms with Crippen LogP contribution < -0.4 is 5.32 Å². The van der Waals surface area contributed by atoms with Crippen LogP contribution in [-0.2, 0) is 38.1 Å². The molecule has 2 atom stereocenters.